The summed E-state index contributed by atoms with van der Waals surface area (Å²) in [6.07, 6.45) is 5.50. The highest BCUT2D eigenvalue weighted by atomic mass is 35.5. The van der Waals surface area contributed by atoms with Gasteiger partial charge in [0, 0.05) is 31.8 Å². The maximum Gasteiger partial charge on any atom is 0.292 e. The summed E-state index contributed by atoms with van der Waals surface area (Å²) in [5.74, 6) is 0.528. The molecule has 1 aromatic heterocycles. The first kappa shape index (κ1) is 20.3. The van der Waals surface area contributed by atoms with Crippen molar-refractivity contribution >= 4 is 28.9 Å². The molecule has 1 aliphatic heterocycles. The molecule has 9 nitrogen and oxygen atoms in total. The number of carbonyl (C=O) groups is 1. The molecule has 2 fully saturated rings. The number of amides is 1. The summed E-state index contributed by atoms with van der Waals surface area (Å²) < 4.78 is 1.11. The van der Waals surface area contributed by atoms with Gasteiger partial charge in [-0.1, -0.05) is 11.6 Å². The second-order valence-corrected chi connectivity index (χ2v) is 8.19. The first-order valence-corrected chi connectivity index (χ1v) is 10.4. The van der Waals surface area contributed by atoms with E-state index >= 15 is 0 Å². The molecule has 30 heavy (non-hydrogen) atoms. The van der Waals surface area contributed by atoms with Gasteiger partial charge in [-0.2, -0.15) is 9.78 Å². The van der Waals surface area contributed by atoms with Gasteiger partial charge in [-0.15, -0.1) is 0 Å². The summed E-state index contributed by atoms with van der Waals surface area (Å²) in [5.41, 5.74) is 0.298. The number of nitrogens with one attached hydrogen (secondary N) is 1. The normalized spacial score (nSPS) is 18.8. The lowest BCUT2D eigenvalue weighted by Gasteiger charge is -2.33. The van der Waals surface area contributed by atoms with Crippen molar-refractivity contribution < 1.29 is 9.72 Å². The molecule has 0 bridgehead atoms. The molecular formula is C20H22ClN5O4. The zero-order chi connectivity index (χ0) is 21.3. The van der Waals surface area contributed by atoms with Crippen LogP contribution in [-0.2, 0) is 4.79 Å². The summed E-state index contributed by atoms with van der Waals surface area (Å²) in [6, 6.07) is 5.51. The SMILES string of the molecule is O=C(NCC1CC1)C1CCCN(c2cnn(-c3ccc([N+](=O)[O-])cc3)c(=O)c2Cl)C1. The van der Waals surface area contributed by atoms with Crippen molar-refractivity contribution in [3.8, 4) is 5.69 Å². The van der Waals surface area contributed by atoms with Crippen LogP contribution in [0, 0.1) is 22.0 Å². The number of halogens is 1. The number of anilines is 1. The fourth-order valence-corrected chi connectivity index (χ4v) is 3.91. The van der Waals surface area contributed by atoms with Crippen LogP contribution in [0.25, 0.3) is 5.69 Å². The predicted molar refractivity (Wildman–Crippen MR) is 112 cm³/mol. The number of non-ortho nitro benzene ring substituents is 1. The highest BCUT2D eigenvalue weighted by Crippen LogP contribution is 2.29. The number of nitrogens with zero attached hydrogens (tertiary/aromatic N) is 4. The first-order chi connectivity index (χ1) is 14.4. The molecule has 1 saturated carbocycles. The molecule has 10 heteroatoms. The minimum atomic E-state index is -0.511. The number of nitro benzene ring substituents is 1. The van der Waals surface area contributed by atoms with Gasteiger partial charge in [0.1, 0.15) is 5.02 Å². The Morgan fingerprint density at radius 3 is 2.67 bits per heavy atom. The minimum absolute atomic E-state index is 0.0161. The lowest BCUT2D eigenvalue weighted by Crippen LogP contribution is -2.44. The Morgan fingerprint density at radius 1 is 1.27 bits per heavy atom. The average molecular weight is 432 g/mol. The van der Waals surface area contributed by atoms with E-state index in [1.54, 1.807) is 0 Å². The Kier molecular flexibility index (Phi) is 5.72. The number of aromatic nitrogens is 2. The monoisotopic (exact) mass is 431 g/mol. The Hall–Kier alpha value is -2.94. The van der Waals surface area contributed by atoms with E-state index in [4.69, 9.17) is 11.6 Å². The van der Waals surface area contributed by atoms with Crippen LogP contribution in [-0.4, -0.2) is 40.2 Å². The smallest absolute Gasteiger partial charge is 0.292 e. The van der Waals surface area contributed by atoms with Crippen molar-refractivity contribution in [1.82, 2.24) is 15.1 Å². The van der Waals surface area contributed by atoms with Crippen LogP contribution >= 0.6 is 11.6 Å². The van der Waals surface area contributed by atoms with Crippen molar-refractivity contribution in [2.24, 2.45) is 11.8 Å². The zero-order valence-electron chi connectivity index (χ0n) is 16.3. The Balaban J connectivity index is 1.51. The number of hydrogen-bond acceptors (Lipinski definition) is 6. The van der Waals surface area contributed by atoms with Gasteiger partial charge < -0.3 is 10.2 Å². The Bertz CT molecular complexity index is 1020. The minimum Gasteiger partial charge on any atom is -0.368 e. The quantitative estimate of drug-likeness (QED) is 0.555. The van der Waals surface area contributed by atoms with Gasteiger partial charge >= 0.3 is 0 Å². The highest BCUT2D eigenvalue weighted by Gasteiger charge is 2.29. The number of benzene rings is 1. The topological polar surface area (TPSA) is 110 Å². The fourth-order valence-electron chi connectivity index (χ4n) is 3.67. The molecule has 4 rings (SSSR count). The maximum atomic E-state index is 12.8. The predicted octanol–water partition coefficient (Wildman–Crippen LogP) is 2.54. The molecule has 1 saturated heterocycles. The van der Waals surface area contributed by atoms with Crippen molar-refractivity contribution in [3.05, 3.63) is 56.0 Å². The molecule has 2 aliphatic rings. The van der Waals surface area contributed by atoms with E-state index in [9.17, 15) is 19.7 Å². The second-order valence-electron chi connectivity index (χ2n) is 7.81. The van der Waals surface area contributed by atoms with Crippen molar-refractivity contribution in [3.63, 3.8) is 0 Å². The van der Waals surface area contributed by atoms with Gasteiger partial charge in [0.15, 0.2) is 0 Å². The summed E-state index contributed by atoms with van der Waals surface area (Å²) in [5, 5.41) is 18.1. The van der Waals surface area contributed by atoms with Crippen LogP contribution in [0.2, 0.25) is 5.02 Å². The average Bonchev–Trinajstić information content (AvgIpc) is 3.58. The van der Waals surface area contributed by atoms with Crippen molar-refractivity contribution in [2.75, 3.05) is 24.5 Å². The van der Waals surface area contributed by atoms with Gasteiger partial charge in [0.05, 0.1) is 28.4 Å². The summed E-state index contributed by atoms with van der Waals surface area (Å²) in [6.45, 7) is 1.91. The van der Waals surface area contributed by atoms with Crippen molar-refractivity contribution in [1.29, 1.82) is 0 Å². The summed E-state index contributed by atoms with van der Waals surface area (Å²) in [7, 11) is 0. The molecule has 1 aliphatic carbocycles. The third kappa shape index (κ3) is 4.30. The van der Waals surface area contributed by atoms with Gasteiger partial charge in [0.25, 0.3) is 11.2 Å². The highest BCUT2D eigenvalue weighted by molar-refractivity contribution is 6.33. The van der Waals surface area contributed by atoms with Crippen LogP contribution in [0.3, 0.4) is 0 Å². The lowest BCUT2D eigenvalue weighted by atomic mass is 9.96. The van der Waals surface area contributed by atoms with Crippen LogP contribution < -0.4 is 15.8 Å². The van der Waals surface area contributed by atoms with E-state index in [-0.39, 0.29) is 22.5 Å². The third-order valence-electron chi connectivity index (χ3n) is 5.60. The molecule has 1 atom stereocenters. The fraction of sp³-hybridized carbons (Fsp3) is 0.450. The molecular weight excluding hydrogens is 410 g/mol. The van der Waals surface area contributed by atoms with E-state index in [1.807, 2.05) is 4.90 Å². The van der Waals surface area contributed by atoms with Crippen LogP contribution in [0.4, 0.5) is 11.4 Å². The molecule has 0 spiro atoms. The Labute approximate surface area is 177 Å². The van der Waals surface area contributed by atoms with Crippen LogP contribution in [0.1, 0.15) is 25.7 Å². The van der Waals surface area contributed by atoms with Crippen LogP contribution in [0.5, 0.6) is 0 Å². The van der Waals surface area contributed by atoms with E-state index in [0.717, 1.165) is 24.1 Å². The molecule has 0 radical (unpaired) electrons. The largest absolute Gasteiger partial charge is 0.368 e. The van der Waals surface area contributed by atoms with E-state index < -0.39 is 10.5 Å². The van der Waals surface area contributed by atoms with Gasteiger partial charge in [0.2, 0.25) is 5.91 Å². The van der Waals surface area contributed by atoms with E-state index in [0.29, 0.717) is 30.4 Å². The standard InChI is InChI=1S/C20H22ClN5O4/c21-18-17(24-9-1-2-14(12-24)19(27)22-10-13-3-4-13)11-23-25(20(18)28)15-5-7-16(8-6-15)26(29)30/h5-8,11,13-14H,1-4,9-10,12H2,(H,22,27). The molecule has 2 aromatic rings. The second kappa shape index (κ2) is 8.43. The van der Waals surface area contributed by atoms with Gasteiger partial charge in [-0.3, -0.25) is 19.7 Å². The maximum absolute atomic E-state index is 12.8. The van der Waals surface area contributed by atoms with Gasteiger partial charge in [-0.25, -0.2) is 0 Å². The number of hydrogen-bond donors (Lipinski definition) is 1. The summed E-state index contributed by atoms with van der Waals surface area (Å²) in [4.78, 5) is 37.5. The molecule has 2 heterocycles. The van der Waals surface area contributed by atoms with Gasteiger partial charge in [-0.05, 0) is 43.7 Å². The van der Waals surface area contributed by atoms with E-state index in [2.05, 4.69) is 10.4 Å². The number of carbonyl (C=O) groups excluding carboxylic acids is 1. The summed E-state index contributed by atoms with van der Waals surface area (Å²) >= 11 is 6.38. The molecule has 1 unspecified atom stereocenters. The molecule has 1 aromatic carbocycles. The van der Waals surface area contributed by atoms with Crippen LogP contribution in [0.15, 0.2) is 35.3 Å². The number of nitro groups is 1. The number of piperidine rings is 1. The lowest BCUT2D eigenvalue weighted by molar-refractivity contribution is -0.384. The molecule has 1 N–H and O–H groups in total. The first-order valence-electron chi connectivity index (χ1n) is 9.99. The van der Waals surface area contributed by atoms with E-state index in [1.165, 1.54) is 43.3 Å². The third-order valence-corrected chi connectivity index (χ3v) is 5.96. The zero-order valence-corrected chi connectivity index (χ0v) is 17.0. The molecule has 158 valence electrons. The van der Waals surface area contributed by atoms with Crippen molar-refractivity contribution in [2.45, 2.75) is 25.7 Å². The Morgan fingerprint density at radius 2 is 2.00 bits per heavy atom. The number of rotatable bonds is 6. The molecule has 1 amide bonds.